The van der Waals surface area contributed by atoms with E-state index in [0.29, 0.717) is 12.1 Å². The van der Waals surface area contributed by atoms with Gasteiger partial charge in [-0.15, -0.1) is 0 Å². The lowest BCUT2D eigenvalue weighted by Gasteiger charge is -2.44. The van der Waals surface area contributed by atoms with Gasteiger partial charge in [0.05, 0.1) is 25.5 Å². The van der Waals surface area contributed by atoms with Crippen molar-refractivity contribution >= 4 is 5.57 Å². The molecule has 0 spiro atoms. The Labute approximate surface area is 124 Å². The van der Waals surface area contributed by atoms with Crippen molar-refractivity contribution in [1.29, 1.82) is 0 Å². The largest absolute Gasteiger partial charge is 0.465 e. The van der Waals surface area contributed by atoms with Crippen LogP contribution >= 0.6 is 0 Å². The van der Waals surface area contributed by atoms with E-state index < -0.39 is 0 Å². The number of ether oxygens (including phenoxy) is 1. The van der Waals surface area contributed by atoms with Crippen molar-refractivity contribution in [3.8, 4) is 0 Å². The standard InChI is InChI=1S/C18H19NO2/c1-2-5-14(6-3-1)11-19-16-9-15(18-7-4-8-21-18)10-17(19)13-20-12-16/h1-9,16-17H,10-13H2. The van der Waals surface area contributed by atoms with E-state index in [1.54, 1.807) is 6.26 Å². The summed E-state index contributed by atoms with van der Waals surface area (Å²) in [5, 5.41) is 0. The topological polar surface area (TPSA) is 25.6 Å². The predicted octanol–water partition coefficient (Wildman–Crippen LogP) is 3.34. The Morgan fingerprint density at radius 1 is 1.05 bits per heavy atom. The minimum atomic E-state index is 0.345. The minimum absolute atomic E-state index is 0.345. The van der Waals surface area contributed by atoms with Crippen molar-refractivity contribution in [1.82, 2.24) is 4.90 Å². The minimum Gasteiger partial charge on any atom is -0.465 e. The van der Waals surface area contributed by atoms with Crippen molar-refractivity contribution in [3.05, 3.63) is 66.1 Å². The predicted molar refractivity (Wildman–Crippen MR) is 81.7 cm³/mol. The Bertz CT molecular complexity index is 618. The van der Waals surface area contributed by atoms with Crippen LogP contribution in [-0.4, -0.2) is 30.2 Å². The normalized spacial score (nSPS) is 25.6. The van der Waals surface area contributed by atoms with Gasteiger partial charge < -0.3 is 9.15 Å². The van der Waals surface area contributed by atoms with Crippen LogP contribution in [0, 0.1) is 0 Å². The van der Waals surface area contributed by atoms with Crippen LogP contribution in [0.5, 0.6) is 0 Å². The molecule has 1 aromatic carbocycles. The van der Waals surface area contributed by atoms with Gasteiger partial charge in [-0.25, -0.2) is 0 Å². The van der Waals surface area contributed by atoms with Crippen LogP contribution in [0.4, 0.5) is 0 Å². The fourth-order valence-corrected chi connectivity index (χ4v) is 3.35. The number of benzene rings is 1. The van der Waals surface area contributed by atoms with Crippen LogP contribution in [-0.2, 0) is 11.3 Å². The van der Waals surface area contributed by atoms with Crippen LogP contribution < -0.4 is 0 Å². The van der Waals surface area contributed by atoms with E-state index in [4.69, 9.17) is 9.15 Å². The maximum atomic E-state index is 5.75. The molecule has 3 nitrogen and oxygen atoms in total. The lowest BCUT2D eigenvalue weighted by molar-refractivity contribution is -0.0404. The highest BCUT2D eigenvalue weighted by molar-refractivity contribution is 5.63. The molecule has 0 radical (unpaired) electrons. The summed E-state index contributed by atoms with van der Waals surface area (Å²) in [6.07, 6.45) is 5.06. The first-order valence-corrected chi connectivity index (χ1v) is 7.52. The lowest BCUT2D eigenvalue weighted by Crippen LogP contribution is -2.53. The smallest absolute Gasteiger partial charge is 0.129 e. The second kappa shape index (κ2) is 5.51. The quantitative estimate of drug-likeness (QED) is 0.863. The van der Waals surface area contributed by atoms with Crippen molar-refractivity contribution in [2.75, 3.05) is 13.2 Å². The van der Waals surface area contributed by atoms with Gasteiger partial charge in [0.1, 0.15) is 5.76 Å². The zero-order valence-electron chi connectivity index (χ0n) is 11.9. The third kappa shape index (κ3) is 2.55. The maximum absolute atomic E-state index is 5.75. The molecule has 2 atom stereocenters. The molecule has 0 N–H and O–H groups in total. The Morgan fingerprint density at radius 2 is 1.95 bits per heavy atom. The van der Waals surface area contributed by atoms with Gasteiger partial charge >= 0.3 is 0 Å². The first-order chi connectivity index (χ1) is 10.4. The van der Waals surface area contributed by atoms with Crippen LogP contribution in [0.2, 0.25) is 0 Å². The SMILES string of the molecule is C1=C(c2ccco2)CC2COCC1N2Cc1ccccc1. The molecule has 1 fully saturated rings. The summed E-state index contributed by atoms with van der Waals surface area (Å²) in [6.45, 7) is 2.57. The molecule has 2 bridgehead atoms. The molecule has 0 saturated carbocycles. The van der Waals surface area contributed by atoms with E-state index in [1.807, 2.05) is 6.07 Å². The van der Waals surface area contributed by atoms with Crippen molar-refractivity contribution in [3.63, 3.8) is 0 Å². The van der Waals surface area contributed by atoms with Gasteiger partial charge in [-0.2, -0.15) is 0 Å². The fourth-order valence-electron chi connectivity index (χ4n) is 3.35. The van der Waals surface area contributed by atoms with Gasteiger partial charge in [0.2, 0.25) is 0 Å². The van der Waals surface area contributed by atoms with Crippen molar-refractivity contribution in [2.24, 2.45) is 0 Å². The summed E-state index contributed by atoms with van der Waals surface area (Å²) < 4.78 is 11.3. The summed E-state index contributed by atoms with van der Waals surface area (Å²) in [4.78, 5) is 2.56. The van der Waals surface area contributed by atoms with Gasteiger partial charge in [0.15, 0.2) is 0 Å². The zero-order chi connectivity index (χ0) is 14.1. The van der Waals surface area contributed by atoms with Crippen LogP contribution in [0.25, 0.3) is 5.57 Å². The Balaban J connectivity index is 1.59. The first kappa shape index (κ1) is 12.9. The molecule has 0 amide bonds. The third-order valence-corrected chi connectivity index (χ3v) is 4.39. The highest BCUT2D eigenvalue weighted by Crippen LogP contribution is 2.33. The number of hydrogen-bond donors (Lipinski definition) is 0. The second-order valence-corrected chi connectivity index (χ2v) is 5.79. The van der Waals surface area contributed by atoms with E-state index in [9.17, 15) is 0 Å². The van der Waals surface area contributed by atoms with E-state index in [1.165, 1.54) is 11.1 Å². The fraction of sp³-hybridized carbons (Fsp3) is 0.333. The molecule has 2 aliphatic heterocycles. The molecule has 2 aromatic rings. The average molecular weight is 281 g/mol. The monoisotopic (exact) mass is 281 g/mol. The number of rotatable bonds is 3. The Hall–Kier alpha value is -1.84. The molecular weight excluding hydrogens is 262 g/mol. The third-order valence-electron chi connectivity index (χ3n) is 4.39. The molecule has 3 heteroatoms. The zero-order valence-corrected chi connectivity index (χ0v) is 11.9. The summed E-state index contributed by atoms with van der Waals surface area (Å²) in [5.41, 5.74) is 2.69. The molecule has 1 saturated heterocycles. The summed E-state index contributed by atoms with van der Waals surface area (Å²) in [7, 11) is 0. The molecule has 4 rings (SSSR count). The molecule has 1 aromatic heterocycles. The van der Waals surface area contributed by atoms with Gasteiger partial charge in [-0.05, 0) is 29.7 Å². The molecule has 3 heterocycles. The summed E-state index contributed by atoms with van der Waals surface area (Å²) in [6, 6.07) is 15.5. The number of hydrogen-bond acceptors (Lipinski definition) is 3. The summed E-state index contributed by atoms with van der Waals surface area (Å²) >= 11 is 0. The van der Waals surface area contributed by atoms with Crippen LogP contribution in [0.1, 0.15) is 17.7 Å². The van der Waals surface area contributed by atoms with Gasteiger partial charge in [0.25, 0.3) is 0 Å². The molecule has 2 aliphatic rings. The number of fused-ring (bicyclic) bond motifs is 2. The molecule has 108 valence electrons. The molecule has 2 unspecified atom stereocenters. The van der Waals surface area contributed by atoms with E-state index in [-0.39, 0.29) is 0 Å². The lowest BCUT2D eigenvalue weighted by atomic mass is 9.92. The van der Waals surface area contributed by atoms with Gasteiger partial charge in [-0.3, -0.25) is 4.90 Å². The second-order valence-electron chi connectivity index (χ2n) is 5.79. The Kier molecular flexibility index (Phi) is 3.37. The van der Waals surface area contributed by atoms with Gasteiger partial charge in [-0.1, -0.05) is 36.4 Å². The van der Waals surface area contributed by atoms with E-state index >= 15 is 0 Å². The van der Waals surface area contributed by atoms with E-state index in [0.717, 1.165) is 31.9 Å². The molecule has 0 aliphatic carbocycles. The molecule has 21 heavy (non-hydrogen) atoms. The molecular formula is C18H19NO2. The Morgan fingerprint density at radius 3 is 2.71 bits per heavy atom. The number of furan rings is 1. The summed E-state index contributed by atoms with van der Waals surface area (Å²) in [5.74, 6) is 1.01. The number of morpholine rings is 1. The first-order valence-electron chi connectivity index (χ1n) is 7.52. The highest BCUT2D eigenvalue weighted by atomic mass is 16.5. The van der Waals surface area contributed by atoms with Crippen molar-refractivity contribution in [2.45, 2.75) is 25.0 Å². The van der Waals surface area contributed by atoms with Gasteiger partial charge in [0, 0.05) is 12.6 Å². The number of nitrogens with zero attached hydrogens (tertiary/aromatic N) is 1. The van der Waals surface area contributed by atoms with Crippen molar-refractivity contribution < 1.29 is 9.15 Å². The average Bonchev–Trinajstić information content (AvgIpc) is 3.02. The van der Waals surface area contributed by atoms with E-state index in [2.05, 4.69) is 47.4 Å². The highest BCUT2D eigenvalue weighted by Gasteiger charge is 2.35. The van der Waals surface area contributed by atoms with Crippen LogP contribution in [0.3, 0.4) is 0 Å². The maximum Gasteiger partial charge on any atom is 0.129 e. The van der Waals surface area contributed by atoms with Crippen LogP contribution in [0.15, 0.2) is 59.2 Å².